The zero-order valence-electron chi connectivity index (χ0n) is 10.3. The molecule has 0 saturated heterocycles. The van der Waals surface area contributed by atoms with Gasteiger partial charge in [-0.2, -0.15) is 5.10 Å². The molecule has 1 aromatic carbocycles. The van der Waals surface area contributed by atoms with Crippen LogP contribution in [0.3, 0.4) is 0 Å². The van der Waals surface area contributed by atoms with Gasteiger partial charge < -0.3 is 5.11 Å². The van der Waals surface area contributed by atoms with Crippen LogP contribution in [0.15, 0.2) is 30.3 Å². The third kappa shape index (κ3) is 2.56. The SMILES string of the molecule is Cc1nn(CCc2ccccc2)c(C)c1CO. The summed E-state index contributed by atoms with van der Waals surface area (Å²) in [6.07, 6.45) is 0.966. The summed E-state index contributed by atoms with van der Waals surface area (Å²) in [5.41, 5.74) is 4.27. The van der Waals surface area contributed by atoms with Crippen molar-refractivity contribution in [1.82, 2.24) is 9.78 Å². The van der Waals surface area contributed by atoms with Crippen molar-refractivity contribution in [3.63, 3.8) is 0 Å². The molecule has 0 bridgehead atoms. The summed E-state index contributed by atoms with van der Waals surface area (Å²) < 4.78 is 1.98. The number of aliphatic hydroxyl groups excluding tert-OH is 1. The van der Waals surface area contributed by atoms with Crippen LogP contribution in [0.25, 0.3) is 0 Å². The number of benzene rings is 1. The monoisotopic (exact) mass is 230 g/mol. The maximum absolute atomic E-state index is 9.24. The average molecular weight is 230 g/mol. The Labute approximate surface area is 102 Å². The van der Waals surface area contributed by atoms with Crippen LogP contribution in [0.4, 0.5) is 0 Å². The fourth-order valence-corrected chi connectivity index (χ4v) is 2.06. The average Bonchev–Trinajstić information content (AvgIpc) is 2.63. The van der Waals surface area contributed by atoms with Gasteiger partial charge in [0.2, 0.25) is 0 Å². The van der Waals surface area contributed by atoms with Crippen molar-refractivity contribution in [3.8, 4) is 0 Å². The van der Waals surface area contributed by atoms with E-state index in [4.69, 9.17) is 0 Å². The van der Waals surface area contributed by atoms with Crippen LogP contribution in [0, 0.1) is 13.8 Å². The molecule has 2 aromatic rings. The molecule has 0 aliphatic heterocycles. The number of aromatic nitrogens is 2. The molecule has 0 unspecified atom stereocenters. The van der Waals surface area contributed by atoms with Gasteiger partial charge in [0, 0.05) is 17.8 Å². The predicted octanol–water partition coefficient (Wildman–Crippen LogP) is 2.23. The maximum atomic E-state index is 9.24. The summed E-state index contributed by atoms with van der Waals surface area (Å²) in [5.74, 6) is 0. The van der Waals surface area contributed by atoms with Gasteiger partial charge in [0.25, 0.3) is 0 Å². The van der Waals surface area contributed by atoms with E-state index in [2.05, 4.69) is 29.4 Å². The summed E-state index contributed by atoms with van der Waals surface area (Å²) in [5, 5.41) is 13.7. The van der Waals surface area contributed by atoms with Crippen molar-refractivity contribution >= 4 is 0 Å². The minimum atomic E-state index is 0.0724. The normalized spacial score (nSPS) is 10.8. The van der Waals surface area contributed by atoms with Crippen LogP contribution in [-0.4, -0.2) is 14.9 Å². The van der Waals surface area contributed by atoms with Gasteiger partial charge in [-0.3, -0.25) is 4.68 Å². The first kappa shape index (κ1) is 11.9. The zero-order valence-corrected chi connectivity index (χ0v) is 10.3. The molecular weight excluding hydrogens is 212 g/mol. The van der Waals surface area contributed by atoms with E-state index in [-0.39, 0.29) is 6.61 Å². The fourth-order valence-electron chi connectivity index (χ4n) is 2.06. The van der Waals surface area contributed by atoms with E-state index in [1.807, 2.05) is 24.6 Å². The van der Waals surface area contributed by atoms with Gasteiger partial charge in [0.05, 0.1) is 12.3 Å². The van der Waals surface area contributed by atoms with Gasteiger partial charge in [-0.1, -0.05) is 30.3 Å². The topological polar surface area (TPSA) is 38.0 Å². The molecule has 3 nitrogen and oxygen atoms in total. The molecule has 17 heavy (non-hydrogen) atoms. The Kier molecular flexibility index (Phi) is 3.59. The molecule has 1 aromatic heterocycles. The molecule has 0 spiro atoms. The van der Waals surface area contributed by atoms with Crippen LogP contribution >= 0.6 is 0 Å². The first-order chi connectivity index (χ1) is 8.22. The molecule has 1 heterocycles. The lowest BCUT2D eigenvalue weighted by atomic mass is 10.1. The lowest BCUT2D eigenvalue weighted by Crippen LogP contribution is -2.05. The van der Waals surface area contributed by atoms with Crippen molar-refractivity contribution < 1.29 is 5.11 Å². The second-order valence-corrected chi connectivity index (χ2v) is 4.27. The van der Waals surface area contributed by atoms with E-state index in [0.29, 0.717) is 0 Å². The molecule has 0 amide bonds. The molecule has 0 atom stereocenters. The number of rotatable bonds is 4. The van der Waals surface area contributed by atoms with Crippen LogP contribution in [-0.2, 0) is 19.6 Å². The van der Waals surface area contributed by atoms with E-state index >= 15 is 0 Å². The minimum Gasteiger partial charge on any atom is -0.392 e. The number of aryl methyl sites for hydroxylation is 3. The Hall–Kier alpha value is -1.61. The summed E-state index contributed by atoms with van der Waals surface area (Å²) in [6.45, 7) is 4.88. The number of hydrogen-bond donors (Lipinski definition) is 1. The summed E-state index contributed by atoms with van der Waals surface area (Å²) >= 11 is 0. The number of aliphatic hydroxyl groups is 1. The molecule has 0 aliphatic rings. The van der Waals surface area contributed by atoms with E-state index in [1.165, 1.54) is 5.56 Å². The van der Waals surface area contributed by atoms with Crippen molar-refractivity contribution in [1.29, 1.82) is 0 Å². The van der Waals surface area contributed by atoms with Crippen LogP contribution < -0.4 is 0 Å². The highest BCUT2D eigenvalue weighted by atomic mass is 16.3. The van der Waals surface area contributed by atoms with E-state index < -0.39 is 0 Å². The van der Waals surface area contributed by atoms with E-state index in [9.17, 15) is 5.11 Å². The standard InChI is InChI=1S/C14H18N2O/c1-11-14(10-17)12(2)16(15-11)9-8-13-6-4-3-5-7-13/h3-7,17H,8-10H2,1-2H3. The second-order valence-electron chi connectivity index (χ2n) is 4.27. The molecule has 0 fully saturated rings. The van der Waals surface area contributed by atoms with Gasteiger partial charge in [-0.05, 0) is 25.8 Å². The molecular formula is C14H18N2O. The van der Waals surface area contributed by atoms with E-state index in [0.717, 1.165) is 29.9 Å². The predicted molar refractivity (Wildman–Crippen MR) is 67.8 cm³/mol. The highest BCUT2D eigenvalue weighted by Gasteiger charge is 2.09. The van der Waals surface area contributed by atoms with Crippen LogP contribution in [0.1, 0.15) is 22.5 Å². The first-order valence-corrected chi connectivity index (χ1v) is 5.90. The third-order valence-electron chi connectivity index (χ3n) is 3.14. The summed E-state index contributed by atoms with van der Waals surface area (Å²) in [4.78, 5) is 0. The minimum absolute atomic E-state index is 0.0724. The summed E-state index contributed by atoms with van der Waals surface area (Å²) in [7, 11) is 0. The van der Waals surface area contributed by atoms with Crippen LogP contribution in [0.2, 0.25) is 0 Å². The number of hydrogen-bond acceptors (Lipinski definition) is 2. The smallest absolute Gasteiger partial charge is 0.0718 e. The maximum Gasteiger partial charge on any atom is 0.0718 e. The van der Waals surface area contributed by atoms with Gasteiger partial charge in [-0.15, -0.1) is 0 Å². The lowest BCUT2D eigenvalue weighted by Gasteiger charge is -2.05. The van der Waals surface area contributed by atoms with Crippen molar-refractivity contribution in [2.24, 2.45) is 0 Å². The molecule has 0 saturated carbocycles. The highest BCUT2D eigenvalue weighted by Crippen LogP contribution is 2.13. The Morgan fingerprint density at radius 3 is 2.47 bits per heavy atom. The zero-order chi connectivity index (χ0) is 12.3. The van der Waals surface area contributed by atoms with Gasteiger partial charge >= 0.3 is 0 Å². The molecule has 3 heteroatoms. The third-order valence-corrected chi connectivity index (χ3v) is 3.14. The largest absolute Gasteiger partial charge is 0.392 e. The Morgan fingerprint density at radius 2 is 1.88 bits per heavy atom. The fraction of sp³-hybridized carbons (Fsp3) is 0.357. The molecule has 0 aliphatic carbocycles. The number of nitrogens with zero attached hydrogens (tertiary/aromatic N) is 2. The van der Waals surface area contributed by atoms with Crippen molar-refractivity contribution in [3.05, 3.63) is 52.8 Å². The van der Waals surface area contributed by atoms with Crippen molar-refractivity contribution in [2.75, 3.05) is 0 Å². The lowest BCUT2D eigenvalue weighted by molar-refractivity contribution is 0.280. The van der Waals surface area contributed by atoms with E-state index in [1.54, 1.807) is 0 Å². The van der Waals surface area contributed by atoms with Crippen molar-refractivity contribution in [2.45, 2.75) is 33.4 Å². The first-order valence-electron chi connectivity index (χ1n) is 5.90. The molecule has 90 valence electrons. The van der Waals surface area contributed by atoms with Gasteiger partial charge in [0.1, 0.15) is 0 Å². The molecule has 0 radical (unpaired) electrons. The summed E-state index contributed by atoms with van der Waals surface area (Å²) in [6, 6.07) is 10.4. The second kappa shape index (κ2) is 5.15. The Morgan fingerprint density at radius 1 is 1.18 bits per heavy atom. The highest BCUT2D eigenvalue weighted by molar-refractivity contribution is 5.23. The quantitative estimate of drug-likeness (QED) is 0.874. The Balaban J connectivity index is 2.10. The molecule has 2 rings (SSSR count). The Bertz CT molecular complexity index is 488. The molecule has 1 N–H and O–H groups in total. The van der Waals surface area contributed by atoms with Gasteiger partial charge in [0.15, 0.2) is 0 Å². The van der Waals surface area contributed by atoms with Crippen LogP contribution in [0.5, 0.6) is 0 Å². The van der Waals surface area contributed by atoms with Gasteiger partial charge in [-0.25, -0.2) is 0 Å².